The Morgan fingerprint density at radius 1 is 1.03 bits per heavy atom. The van der Waals surface area contributed by atoms with Crippen molar-refractivity contribution >= 4 is 5.84 Å². The molecular weight excluding hydrogens is 480 g/mol. The fourth-order valence-corrected chi connectivity index (χ4v) is 10.5. The van der Waals surface area contributed by atoms with E-state index in [-0.39, 0.29) is 17.6 Å². The third-order valence-corrected chi connectivity index (χ3v) is 12.2. The van der Waals surface area contributed by atoms with Crippen LogP contribution in [0.4, 0.5) is 0 Å². The number of hydrogen-bond acceptors (Lipinski definition) is 6. The molecule has 0 aliphatic heterocycles. The second-order valence-corrected chi connectivity index (χ2v) is 13.8. The molecule has 4 aliphatic carbocycles. The Balaban J connectivity index is 1.74. The van der Waals surface area contributed by atoms with E-state index in [9.17, 15) is 0 Å². The van der Waals surface area contributed by atoms with E-state index in [0.717, 1.165) is 25.2 Å². The maximum Gasteiger partial charge on any atom is 0.146 e. The quantitative estimate of drug-likeness (QED) is 0.106. The van der Waals surface area contributed by atoms with Gasteiger partial charge in [0.25, 0.3) is 0 Å². The molecule has 0 bridgehead atoms. The fraction of sp³-hybridized carbons (Fsp3) is 0.968. The molecule has 38 heavy (non-hydrogen) atoms. The van der Waals surface area contributed by atoms with E-state index < -0.39 is 0 Å². The van der Waals surface area contributed by atoms with Crippen LogP contribution >= 0.6 is 0 Å². The Morgan fingerprint density at radius 3 is 2.39 bits per heavy atom. The molecule has 0 saturated heterocycles. The number of hydrogen-bond donors (Lipinski definition) is 2. The van der Waals surface area contributed by atoms with Gasteiger partial charge in [-0.3, -0.25) is 0 Å². The molecular formula is C31H56N2O5. The van der Waals surface area contributed by atoms with Crippen LogP contribution in [0.15, 0.2) is 5.16 Å². The molecule has 220 valence electrons. The molecule has 12 atom stereocenters. The minimum absolute atomic E-state index is 0.0301. The summed E-state index contributed by atoms with van der Waals surface area (Å²) in [7, 11) is 3.49. The Labute approximate surface area is 231 Å². The van der Waals surface area contributed by atoms with Gasteiger partial charge in [-0.15, -0.1) is 0 Å². The molecule has 7 heteroatoms. The van der Waals surface area contributed by atoms with E-state index in [2.05, 4.69) is 39.8 Å². The Kier molecular flexibility index (Phi) is 9.75. The third-order valence-electron chi connectivity index (χ3n) is 12.2. The first-order chi connectivity index (χ1) is 18.2. The second kappa shape index (κ2) is 12.3. The number of amidine groups is 1. The molecule has 4 saturated carbocycles. The van der Waals surface area contributed by atoms with Crippen molar-refractivity contribution in [1.82, 2.24) is 0 Å². The van der Waals surface area contributed by atoms with Gasteiger partial charge in [0, 0.05) is 26.1 Å². The summed E-state index contributed by atoms with van der Waals surface area (Å²) >= 11 is 0. The number of rotatable bonds is 11. The van der Waals surface area contributed by atoms with Crippen molar-refractivity contribution in [3.8, 4) is 0 Å². The van der Waals surface area contributed by atoms with Crippen LogP contribution in [0.5, 0.6) is 0 Å². The molecule has 0 aromatic carbocycles. The van der Waals surface area contributed by atoms with Crippen LogP contribution in [0.2, 0.25) is 0 Å². The Morgan fingerprint density at radius 2 is 1.74 bits per heavy atom. The van der Waals surface area contributed by atoms with Crippen molar-refractivity contribution < 1.29 is 24.2 Å². The molecule has 0 heterocycles. The average molecular weight is 537 g/mol. The highest BCUT2D eigenvalue weighted by molar-refractivity contribution is 5.79. The van der Waals surface area contributed by atoms with Gasteiger partial charge in [-0.25, -0.2) is 0 Å². The van der Waals surface area contributed by atoms with Crippen molar-refractivity contribution in [3.63, 3.8) is 0 Å². The highest BCUT2D eigenvalue weighted by atomic mass is 16.7. The summed E-state index contributed by atoms with van der Waals surface area (Å²) in [6.07, 6.45) is 10.5. The summed E-state index contributed by atoms with van der Waals surface area (Å²) < 4.78 is 24.4. The molecule has 7 nitrogen and oxygen atoms in total. The number of methoxy groups -OCH3 is 2. The summed E-state index contributed by atoms with van der Waals surface area (Å²) in [5.41, 5.74) is 6.22. The van der Waals surface area contributed by atoms with Gasteiger partial charge >= 0.3 is 0 Å². The lowest BCUT2D eigenvalue weighted by atomic mass is 9.40. The fourth-order valence-electron chi connectivity index (χ4n) is 10.5. The van der Waals surface area contributed by atoms with Crippen molar-refractivity contribution in [2.24, 2.45) is 69.1 Å². The first kappa shape index (κ1) is 30.1. The van der Waals surface area contributed by atoms with Gasteiger partial charge in [-0.05, 0) is 91.3 Å². The topological polar surface area (TPSA) is 95.5 Å². The van der Waals surface area contributed by atoms with Gasteiger partial charge in [0.15, 0.2) is 0 Å². The van der Waals surface area contributed by atoms with E-state index in [0.29, 0.717) is 72.7 Å². The third kappa shape index (κ3) is 5.14. The SMILES string of the molecule is CC[C@H]1C(OCOC)C2C3CC[C@H]([C@H](C)CCC(N)=NO)[C@@]3(C)[C@@H](OCOC)CC2[C@@]2(C)CC[C@@H](C)C[C@@H]12. The minimum atomic E-state index is 0.0301. The number of oxime groups is 1. The van der Waals surface area contributed by atoms with Crippen LogP contribution in [0.3, 0.4) is 0 Å². The molecule has 0 aromatic heterocycles. The van der Waals surface area contributed by atoms with Gasteiger partial charge in [0.1, 0.15) is 19.4 Å². The zero-order valence-corrected chi connectivity index (χ0v) is 25.2. The number of nitrogens with two attached hydrogens (primary N) is 1. The molecule has 4 rings (SSSR count). The van der Waals surface area contributed by atoms with Crippen molar-refractivity contribution in [2.45, 2.75) is 105 Å². The number of fused-ring (bicyclic) bond motifs is 5. The lowest BCUT2D eigenvalue weighted by Gasteiger charge is -2.66. The smallest absolute Gasteiger partial charge is 0.146 e. The summed E-state index contributed by atoms with van der Waals surface area (Å²) in [6.45, 7) is 13.0. The van der Waals surface area contributed by atoms with Crippen LogP contribution < -0.4 is 5.73 Å². The van der Waals surface area contributed by atoms with Crippen molar-refractivity contribution in [1.29, 1.82) is 0 Å². The molecule has 4 fully saturated rings. The van der Waals surface area contributed by atoms with Gasteiger partial charge in [-0.2, -0.15) is 0 Å². The molecule has 4 aliphatic rings. The maximum absolute atomic E-state index is 9.11. The highest BCUT2D eigenvalue weighted by Gasteiger charge is 2.68. The molecule has 0 amide bonds. The predicted molar refractivity (Wildman–Crippen MR) is 150 cm³/mol. The lowest BCUT2D eigenvalue weighted by molar-refractivity contribution is -0.262. The van der Waals surface area contributed by atoms with E-state index in [1.165, 1.54) is 32.1 Å². The van der Waals surface area contributed by atoms with Gasteiger partial charge < -0.3 is 29.9 Å². The van der Waals surface area contributed by atoms with Crippen LogP contribution in [-0.2, 0) is 18.9 Å². The molecule has 3 N–H and O–H groups in total. The monoisotopic (exact) mass is 536 g/mol. The standard InChI is InChI=1S/C31H56N2O5/c1-8-21-24-15-19(2)13-14-30(24,4)25-16-26(37-17-35-6)31(5)22(20(3)9-12-27(32)33-34)10-11-23(31)28(25)29(21)38-18-36-7/h19-26,28-29,34H,8-18H2,1-7H3,(H2,32,33)/t19-,20-,21-,22-,23?,24+,25?,26+,28?,29?,30+,31-/m1/s1. The summed E-state index contributed by atoms with van der Waals surface area (Å²) in [5.74, 6) is 4.95. The average Bonchev–Trinajstić information content (AvgIpc) is 3.27. The largest absolute Gasteiger partial charge is 0.409 e. The maximum atomic E-state index is 9.11. The Bertz CT molecular complexity index is 809. The first-order valence-electron chi connectivity index (χ1n) is 15.3. The highest BCUT2D eigenvalue weighted by Crippen LogP contribution is 2.70. The number of nitrogens with zero attached hydrogens (tertiary/aromatic N) is 1. The minimum Gasteiger partial charge on any atom is -0.409 e. The predicted octanol–water partition coefficient (Wildman–Crippen LogP) is 6.28. The van der Waals surface area contributed by atoms with Crippen LogP contribution in [0, 0.1) is 58.2 Å². The molecule has 0 spiro atoms. The van der Waals surface area contributed by atoms with Crippen LogP contribution in [0.25, 0.3) is 0 Å². The van der Waals surface area contributed by atoms with Gasteiger partial charge in [0.05, 0.1) is 12.2 Å². The van der Waals surface area contributed by atoms with Crippen LogP contribution in [0.1, 0.15) is 92.4 Å². The second-order valence-electron chi connectivity index (χ2n) is 13.8. The lowest BCUT2D eigenvalue weighted by Crippen LogP contribution is -2.65. The first-order valence-corrected chi connectivity index (χ1v) is 15.3. The van der Waals surface area contributed by atoms with E-state index >= 15 is 0 Å². The van der Waals surface area contributed by atoms with E-state index in [1.54, 1.807) is 14.2 Å². The van der Waals surface area contributed by atoms with E-state index in [1.807, 2.05) is 0 Å². The van der Waals surface area contributed by atoms with Crippen molar-refractivity contribution in [2.75, 3.05) is 27.8 Å². The summed E-state index contributed by atoms with van der Waals surface area (Å²) in [4.78, 5) is 0. The van der Waals surface area contributed by atoms with E-state index in [4.69, 9.17) is 29.9 Å². The van der Waals surface area contributed by atoms with Gasteiger partial charge in [0.2, 0.25) is 0 Å². The van der Waals surface area contributed by atoms with Crippen molar-refractivity contribution in [3.05, 3.63) is 0 Å². The van der Waals surface area contributed by atoms with Crippen LogP contribution in [-0.4, -0.2) is 51.1 Å². The normalized spacial score (nSPS) is 45.8. The number of ether oxygens (including phenoxy) is 4. The molecule has 0 radical (unpaired) electrons. The zero-order chi connectivity index (χ0) is 27.7. The summed E-state index contributed by atoms with van der Waals surface area (Å²) in [5, 5.41) is 12.3. The molecule has 4 unspecified atom stereocenters. The Hall–Kier alpha value is -0.890. The zero-order valence-electron chi connectivity index (χ0n) is 25.2. The van der Waals surface area contributed by atoms with Gasteiger partial charge in [-0.1, -0.05) is 52.6 Å². The summed E-state index contributed by atoms with van der Waals surface area (Å²) in [6, 6.07) is 0. The molecule has 0 aromatic rings.